The van der Waals surface area contributed by atoms with Crippen LogP contribution in [-0.2, 0) is 0 Å². The van der Waals surface area contributed by atoms with Crippen LogP contribution in [0.1, 0.15) is 23.3 Å². The Morgan fingerprint density at radius 1 is 1.31 bits per heavy atom. The minimum absolute atomic E-state index is 0.107. The number of rotatable bonds is 1. The number of nitrogens with zero attached hydrogens (tertiary/aromatic N) is 2. The molecule has 0 saturated carbocycles. The van der Waals surface area contributed by atoms with Gasteiger partial charge in [-0.25, -0.2) is 4.98 Å². The lowest BCUT2D eigenvalue weighted by Crippen LogP contribution is -2.29. The molecule has 1 fully saturated rings. The summed E-state index contributed by atoms with van der Waals surface area (Å²) in [7, 11) is 0. The summed E-state index contributed by atoms with van der Waals surface area (Å²) in [4.78, 5) is 18.2. The second-order valence-corrected chi connectivity index (χ2v) is 5.27. The number of allylic oxidation sites excluding steroid dienone is 2. The van der Waals surface area contributed by atoms with E-state index in [0.29, 0.717) is 17.5 Å². The molecule has 0 aromatic carbocycles. The Hall–Kier alpha value is -1.16. The third-order valence-corrected chi connectivity index (χ3v) is 4.15. The van der Waals surface area contributed by atoms with Crippen LogP contribution in [0.5, 0.6) is 0 Å². The molecule has 0 bridgehead atoms. The summed E-state index contributed by atoms with van der Waals surface area (Å²) in [6.45, 7) is 1.82. The van der Waals surface area contributed by atoms with Crippen LogP contribution < -0.4 is 0 Å². The van der Waals surface area contributed by atoms with Crippen molar-refractivity contribution in [1.82, 2.24) is 9.88 Å². The molecule has 84 valence electrons. The van der Waals surface area contributed by atoms with E-state index in [1.54, 1.807) is 5.51 Å². The number of amides is 1. The third kappa shape index (κ3) is 1.67. The average molecular weight is 234 g/mol. The molecule has 1 saturated heterocycles. The molecular weight excluding hydrogens is 220 g/mol. The molecule has 2 unspecified atom stereocenters. The number of carbonyl (C=O) groups is 1. The SMILES string of the molecule is O=C(c1cscn1)N1CC2CC=CCC2C1. The summed E-state index contributed by atoms with van der Waals surface area (Å²) < 4.78 is 0. The Balaban J connectivity index is 1.72. The average Bonchev–Trinajstić information content (AvgIpc) is 2.97. The summed E-state index contributed by atoms with van der Waals surface area (Å²) in [5, 5.41) is 1.84. The summed E-state index contributed by atoms with van der Waals surface area (Å²) >= 11 is 1.48. The van der Waals surface area contributed by atoms with Gasteiger partial charge in [0.1, 0.15) is 5.69 Å². The zero-order valence-electron chi connectivity index (χ0n) is 9.00. The molecule has 0 spiro atoms. The fourth-order valence-electron chi connectivity index (χ4n) is 2.66. The number of aromatic nitrogens is 1. The van der Waals surface area contributed by atoms with Gasteiger partial charge < -0.3 is 4.90 Å². The van der Waals surface area contributed by atoms with Gasteiger partial charge in [-0.05, 0) is 24.7 Å². The second-order valence-electron chi connectivity index (χ2n) is 4.55. The molecule has 2 aliphatic rings. The van der Waals surface area contributed by atoms with E-state index in [0.717, 1.165) is 25.9 Å². The van der Waals surface area contributed by atoms with Crippen molar-refractivity contribution in [3.8, 4) is 0 Å². The van der Waals surface area contributed by atoms with E-state index in [9.17, 15) is 4.79 Å². The van der Waals surface area contributed by atoms with Crippen molar-refractivity contribution in [2.24, 2.45) is 11.8 Å². The molecule has 1 aromatic rings. The van der Waals surface area contributed by atoms with Crippen LogP contribution >= 0.6 is 11.3 Å². The van der Waals surface area contributed by atoms with E-state index < -0.39 is 0 Å². The van der Waals surface area contributed by atoms with E-state index >= 15 is 0 Å². The maximum atomic E-state index is 12.1. The van der Waals surface area contributed by atoms with Gasteiger partial charge in [-0.1, -0.05) is 12.2 Å². The molecule has 1 aromatic heterocycles. The standard InChI is InChI=1S/C12H14N2OS/c15-12(11-7-16-8-13-11)14-5-9-3-1-2-4-10(9)6-14/h1-2,7-10H,3-6H2. The monoisotopic (exact) mass is 234 g/mol. The molecule has 3 rings (SSSR count). The van der Waals surface area contributed by atoms with Gasteiger partial charge in [0.05, 0.1) is 5.51 Å². The van der Waals surface area contributed by atoms with E-state index in [2.05, 4.69) is 17.1 Å². The van der Waals surface area contributed by atoms with Crippen molar-refractivity contribution in [1.29, 1.82) is 0 Å². The van der Waals surface area contributed by atoms with E-state index in [-0.39, 0.29) is 5.91 Å². The quantitative estimate of drug-likeness (QED) is 0.698. The van der Waals surface area contributed by atoms with Gasteiger partial charge in [0.2, 0.25) is 0 Å². The van der Waals surface area contributed by atoms with Gasteiger partial charge in [-0.3, -0.25) is 4.79 Å². The fraction of sp³-hybridized carbons (Fsp3) is 0.500. The Kier molecular flexibility index (Phi) is 2.52. The number of hydrogen-bond acceptors (Lipinski definition) is 3. The summed E-state index contributed by atoms with van der Waals surface area (Å²) in [5.74, 6) is 1.45. The van der Waals surface area contributed by atoms with E-state index in [1.165, 1.54) is 11.3 Å². The van der Waals surface area contributed by atoms with Gasteiger partial charge in [-0.2, -0.15) is 0 Å². The lowest BCUT2D eigenvalue weighted by molar-refractivity contribution is 0.0779. The maximum Gasteiger partial charge on any atom is 0.273 e. The Morgan fingerprint density at radius 2 is 2.00 bits per heavy atom. The summed E-state index contributed by atoms with van der Waals surface area (Å²) in [6, 6.07) is 0. The molecule has 1 aliphatic carbocycles. The van der Waals surface area contributed by atoms with Gasteiger partial charge in [0, 0.05) is 18.5 Å². The van der Waals surface area contributed by atoms with E-state index in [4.69, 9.17) is 0 Å². The zero-order chi connectivity index (χ0) is 11.0. The van der Waals surface area contributed by atoms with Crippen LogP contribution in [-0.4, -0.2) is 28.9 Å². The fourth-order valence-corrected chi connectivity index (χ4v) is 3.19. The molecule has 2 heterocycles. The van der Waals surface area contributed by atoms with Crippen LogP contribution in [0.15, 0.2) is 23.0 Å². The molecule has 1 aliphatic heterocycles. The summed E-state index contributed by atoms with van der Waals surface area (Å²) in [5.41, 5.74) is 2.33. The van der Waals surface area contributed by atoms with Crippen LogP contribution in [0.3, 0.4) is 0 Å². The number of likely N-dealkylation sites (tertiary alicyclic amines) is 1. The molecule has 2 atom stereocenters. The molecular formula is C12H14N2OS. The Morgan fingerprint density at radius 3 is 2.56 bits per heavy atom. The van der Waals surface area contributed by atoms with E-state index in [1.807, 2.05) is 10.3 Å². The first kappa shape index (κ1) is 10.0. The number of hydrogen-bond donors (Lipinski definition) is 0. The largest absolute Gasteiger partial charge is 0.337 e. The second kappa shape index (κ2) is 4.01. The third-order valence-electron chi connectivity index (χ3n) is 3.56. The minimum Gasteiger partial charge on any atom is -0.337 e. The van der Waals surface area contributed by atoms with Crippen LogP contribution in [0.4, 0.5) is 0 Å². The normalized spacial score (nSPS) is 28.1. The first-order valence-electron chi connectivity index (χ1n) is 5.67. The van der Waals surface area contributed by atoms with Crippen molar-refractivity contribution >= 4 is 17.2 Å². The highest BCUT2D eigenvalue weighted by Gasteiger charge is 2.35. The van der Waals surface area contributed by atoms with Crippen molar-refractivity contribution < 1.29 is 4.79 Å². The predicted molar refractivity (Wildman–Crippen MR) is 63.4 cm³/mol. The summed E-state index contributed by atoms with van der Waals surface area (Å²) in [6.07, 6.45) is 6.76. The zero-order valence-corrected chi connectivity index (χ0v) is 9.82. The lowest BCUT2D eigenvalue weighted by atomic mass is 9.86. The molecule has 4 heteroatoms. The number of thiazole rings is 1. The van der Waals surface area contributed by atoms with Crippen molar-refractivity contribution in [2.45, 2.75) is 12.8 Å². The Bertz CT molecular complexity index is 397. The van der Waals surface area contributed by atoms with Crippen molar-refractivity contribution in [3.05, 3.63) is 28.7 Å². The number of fused-ring (bicyclic) bond motifs is 1. The highest BCUT2D eigenvalue weighted by molar-refractivity contribution is 7.07. The van der Waals surface area contributed by atoms with Gasteiger partial charge in [0.15, 0.2) is 0 Å². The number of carbonyl (C=O) groups excluding carboxylic acids is 1. The highest BCUT2D eigenvalue weighted by atomic mass is 32.1. The molecule has 16 heavy (non-hydrogen) atoms. The molecule has 3 nitrogen and oxygen atoms in total. The maximum absolute atomic E-state index is 12.1. The van der Waals surface area contributed by atoms with Gasteiger partial charge >= 0.3 is 0 Å². The smallest absolute Gasteiger partial charge is 0.273 e. The minimum atomic E-state index is 0.107. The van der Waals surface area contributed by atoms with Gasteiger partial charge in [0.25, 0.3) is 5.91 Å². The first-order valence-corrected chi connectivity index (χ1v) is 6.61. The predicted octanol–water partition coefficient (Wildman–Crippen LogP) is 2.18. The van der Waals surface area contributed by atoms with Gasteiger partial charge in [-0.15, -0.1) is 11.3 Å². The van der Waals surface area contributed by atoms with Crippen molar-refractivity contribution in [3.63, 3.8) is 0 Å². The Labute approximate surface area is 98.8 Å². The molecule has 0 N–H and O–H groups in total. The van der Waals surface area contributed by atoms with Crippen LogP contribution in [0.25, 0.3) is 0 Å². The molecule has 1 amide bonds. The van der Waals surface area contributed by atoms with Crippen LogP contribution in [0, 0.1) is 11.8 Å². The molecule has 0 radical (unpaired) electrons. The lowest BCUT2D eigenvalue weighted by Gasteiger charge is -2.17. The topological polar surface area (TPSA) is 33.2 Å². The first-order chi connectivity index (χ1) is 7.84. The van der Waals surface area contributed by atoms with Crippen molar-refractivity contribution in [2.75, 3.05) is 13.1 Å². The highest BCUT2D eigenvalue weighted by Crippen LogP contribution is 2.33. The van der Waals surface area contributed by atoms with Crippen LogP contribution in [0.2, 0.25) is 0 Å².